The number of aromatic nitrogens is 8. The number of benzene rings is 2. The fourth-order valence-corrected chi connectivity index (χ4v) is 9.32. The van der Waals surface area contributed by atoms with Gasteiger partial charge in [-0.05, 0) is 78.3 Å². The highest BCUT2D eigenvalue weighted by Gasteiger charge is 2.28. The van der Waals surface area contributed by atoms with Crippen molar-refractivity contribution in [2.24, 2.45) is 0 Å². The lowest BCUT2D eigenvalue weighted by molar-refractivity contribution is 0.504. The van der Waals surface area contributed by atoms with E-state index in [0.29, 0.717) is 22.4 Å². The molecule has 0 saturated heterocycles. The van der Waals surface area contributed by atoms with Crippen molar-refractivity contribution in [1.82, 2.24) is 45.2 Å². The van der Waals surface area contributed by atoms with Gasteiger partial charge in [-0.2, -0.15) is 0 Å². The lowest BCUT2D eigenvalue weighted by atomic mass is 9.95. The van der Waals surface area contributed by atoms with E-state index in [0.717, 1.165) is 96.6 Å². The predicted molar refractivity (Wildman–Crippen MR) is 247 cm³/mol. The van der Waals surface area contributed by atoms with E-state index < -0.39 is 19.7 Å². The van der Waals surface area contributed by atoms with Crippen molar-refractivity contribution in [3.05, 3.63) is 137 Å². The molecule has 8 heterocycles. The van der Waals surface area contributed by atoms with Crippen LogP contribution >= 0.6 is 15.9 Å². The van der Waals surface area contributed by atoms with Crippen LogP contribution in [0.5, 0.6) is 0 Å². The summed E-state index contributed by atoms with van der Waals surface area (Å²) >= 11 is 3.42. The Balaban J connectivity index is 0.000000156. The maximum absolute atomic E-state index is 11.8. The average molecular weight is 936 g/mol. The molecule has 2 unspecified atom stereocenters. The van der Waals surface area contributed by atoms with Gasteiger partial charge in [-0.15, -0.1) is 0 Å². The monoisotopic (exact) mass is 934 g/mol. The molecule has 0 bridgehead atoms. The van der Waals surface area contributed by atoms with Crippen LogP contribution in [0.1, 0.15) is 43.8 Å². The van der Waals surface area contributed by atoms with Crippen molar-refractivity contribution in [2.45, 2.75) is 69.1 Å². The molecule has 0 saturated carbocycles. The van der Waals surface area contributed by atoms with Crippen LogP contribution in [0.2, 0.25) is 0 Å². The zero-order valence-electron chi connectivity index (χ0n) is 33.8. The Kier molecular flexibility index (Phi) is 13.0. The summed E-state index contributed by atoms with van der Waals surface area (Å²) in [5.74, 6) is 0. The minimum absolute atomic E-state index is 0. The van der Waals surface area contributed by atoms with E-state index in [1.807, 2.05) is 55.0 Å². The molecule has 2 aliphatic rings. The molecule has 2 aliphatic heterocycles. The van der Waals surface area contributed by atoms with Gasteiger partial charge in [0.1, 0.15) is 23.9 Å². The maximum Gasteiger partial charge on any atom is 0.175 e. The van der Waals surface area contributed by atoms with Gasteiger partial charge in [0, 0.05) is 119 Å². The third-order valence-electron chi connectivity index (χ3n) is 10.8. The maximum atomic E-state index is 11.8. The number of rotatable bonds is 5. The number of H-pyrrole nitrogens is 2. The molecule has 62 heavy (non-hydrogen) atoms. The van der Waals surface area contributed by atoms with Crippen LogP contribution in [-0.2, 0) is 45.6 Å². The number of hydrogen-bond donors (Lipinski definition) is 3. The largest absolute Gasteiger partial charge is 0.363 e. The first-order chi connectivity index (χ1) is 29.2. The first-order valence-corrected chi connectivity index (χ1v) is 24.1. The van der Waals surface area contributed by atoms with Crippen LogP contribution in [0, 0.1) is 0 Å². The standard InChI is InChI=1S/C22H21N5O2S.C15H17N3O2S.C7H5BrN2.CH4/c1-14-11-19-18(12-27(14)20-8-10-24-22-17(20)7-9-23-22)21(26-13-25-19)15-3-5-16(6-4-15)30(2,28)29;1-10-7-14-13(8-16-10)15(18-9-17-14)11-3-5-12(6-4-11)21(2,19)20;8-6-2-4-10-7-5(6)1-3-9-7;/h3-10,13-14H,11-12H2,1-2H3,(H,23,24);3-6,9-10,16H,7-8H2,1-2H3;1-4H,(H,9,10);1H4. The molecule has 14 nitrogen and oxygen atoms in total. The Morgan fingerprint density at radius 2 is 1.15 bits per heavy atom. The van der Waals surface area contributed by atoms with E-state index in [-0.39, 0.29) is 13.5 Å². The molecule has 2 aromatic carbocycles. The number of sulfone groups is 2. The number of nitrogens with one attached hydrogen (secondary N) is 3. The van der Waals surface area contributed by atoms with E-state index in [1.54, 1.807) is 55.2 Å². The van der Waals surface area contributed by atoms with E-state index >= 15 is 0 Å². The van der Waals surface area contributed by atoms with Gasteiger partial charge < -0.3 is 20.2 Å². The fraction of sp³-hybridized carbons (Fsp3) is 0.244. The number of halogens is 1. The van der Waals surface area contributed by atoms with Gasteiger partial charge in [-0.25, -0.2) is 46.7 Å². The molecule has 0 amide bonds. The Morgan fingerprint density at radius 1 is 0.629 bits per heavy atom. The highest BCUT2D eigenvalue weighted by atomic mass is 79.9. The van der Waals surface area contributed by atoms with Crippen molar-refractivity contribution in [1.29, 1.82) is 0 Å². The van der Waals surface area contributed by atoms with Gasteiger partial charge in [-0.3, -0.25) is 0 Å². The molecule has 6 aromatic heterocycles. The molecular formula is C45H47BrN10O4S2. The van der Waals surface area contributed by atoms with Crippen LogP contribution in [-0.4, -0.2) is 81.3 Å². The Morgan fingerprint density at radius 3 is 1.71 bits per heavy atom. The molecule has 17 heteroatoms. The predicted octanol–water partition coefficient (Wildman–Crippen LogP) is 7.92. The topological polar surface area (TPSA) is 192 Å². The first kappa shape index (κ1) is 44.2. The van der Waals surface area contributed by atoms with Gasteiger partial charge in [0.2, 0.25) is 0 Å². The summed E-state index contributed by atoms with van der Waals surface area (Å²) in [6.45, 7) is 5.74. The molecule has 8 aromatic rings. The van der Waals surface area contributed by atoms with Gasteiger partial charge >= 0.3 is 0 Å². The lowest BCUT2D eigenvalue weighted by Gasteiger charge is -2.37. The molecule has 0 radical (unpaired) electrons. The highest BCUT2D eigenvalue weighted by Crippen LogP contribution is 2.35. The fourth-order valence-electron chi connectivity index (χ4n) is 7.62. The second kappa shape index (κ2) is 18.2. The second-order valence-corrected chi connectivity index (χ2v) is 20.0. The Bertz CT molecular complexity index is 3080. The van der Waals surface area contributed by atoms with E-state index in [2.05, 4.69) is 79.9 Å². The molecule has 0 fully saturated rings. The van der Waals surface area contributed by atoms with Crippen molar-refractivity contribution in [3.8, 4) is 22.5 Å². The normalized spacial score (nSPS) is 15.9. The summed E-state index contributed by atoms with van der Waals surface area (Å²) in [5.41, 5.74) is 10.7. The van der Waals surface area contributed by atoms with Crippen LogP contribution in [0.4, 0.5) is 5.69 Å². The molecule has 0 spiro atoms. The van der Waals surface area contributed by atoms with Crippen molar-refractivity contribution < 1.29 is 16.8 Å². The summed E-state index contributed by atoms with van der Waals surface area (Å²) in [6, 6.07) is 22.4. The third kappa shape index (κ3) is 9.45. The minimum atomic E-state index is -3.24. The molecule has 2 atom stereocenters. The van der Waals surface area contributed by atoms with Crippen molar-refractivity contribution >= 4 is 63.4 Å². The summed E-state index contributed by atoms with van der Waals surface area (Å²) in [6.07, 6.45) is 14.7. The minimum Gasteiger partial charge on any atom is -0.363 e. The van der Waals surface area contributed by atoms with Gasteiger partial charge in [-0.1, -0.05) is 31.7 Å². The smallest absolute Gasteiger partial charge is 0.175 e. The molecule has 320 valence electrons. The highest BCUT2D eigenvalue weighted by molar-refractivity contribution is 9.10. The summed E-state index contributed by atoms with van der Waals surface area (Å²) in [4.78, 5) is 35.5. The van der Waals surface area contributed by atoms with Gasteiger partial charge in [0.15, 0.2) is 19.7 Å². The van der Waals surface area contributed by atoms with Crippen LogP contribution in [0.3, 0.4) is 0 Å². The van der Waals surface area contributed by atoms with Gasteiger partial charge in [0.25, 0.3) is 0 Å². The summed E-state index contributed by atoms with van der Waals surface area (Å²) < 4.78 is 47.7. The van der Waals surface area contributed by atoms with Crippen LogP contribution in [0.25, 0.3) is 44.6 Å². The Hall–Kier alpha value is -5.88. The Labute approximate surface area is 369 Å². The van der Waals surface area contributed by atoms with Crippen molar-refractivity contribution in [3.63, 3.8) is 0 Å². The van der Waals surface area contributed by atoms with E-state index in [4.69, 9.17) is 0 Å². The van der Waals surface area contributed by atoms with Crippen molar-refractivity contribution in [2.75, 3.05) is 17.4 Å². The number of fused-ring (bicyclic) bond motifs is 4. The van der Waals surface area contributed by atoms with E-state index in [1.165, 1.54) is 12.5 Å². The average Bonchev–Trinajstić information content (AvgIpc) is 3.94. The number of pyridine rings is 2. The number of nitrogens with zero attached hydrogens (tertiary/aromatic N) is 7. The third-order valence-corrected chi connectivity index (χ3v) is 13.8. The zero-order chi connectivity index (χ0) is 42.9. The van der Waals surface area contributed by atoms with Crippen LogP contribution < -0.4 is 10.2 Å². The molecule has 10 rings (SSSR count). The molecule has 3 N–H and O–H groups in total. The molecular weight excluding hydrogens is 889 g/mol. The zero-order valence-corrected chi connectivity index (χ0v) is 37.1. The molecule has 0 aliphatic carbocycles. The van der Waals surface area contributed by atoms with Crippen LogP contribution in [0.15, 0.2) is 125 Å². The number of anilines is 1. The van der Waals surface area contributed by atoms with E-state index in [9.17, 15) is 16.8 Å². The quantitative estimate of drug-likeness (QED) is 0.151. The second-order valence-electron chi connectivity index (χ2n) is 15.2. The van der Waals surface area contributed by atoms with Gasteiger partial charge in [0.05, 0.1) is 32.6 Å². The summed E-state index contributed by atoms with van der Waals surface area (Å²) in [5, 5.41) is 5.62. The number of aromatic amines is 2. The number of hydrogen-bond acceptors (Lipinski definition) is 12. The first-order valence-electron chi connectivity index (χ1n) is 19.5. The SMILES string of the molecule is Brc1ccnc2[nH]ccc12.C.CC1Cc2ncnc(-c3ccc(S(C)(=O)=O)cc3)c2CN1.CC1Cc2ncnc(-c3ccc(S(C)(=O)=O)cc3)c2CN1c1ccnc2[nH]ccc12. The lowest BCUT2D eigenvalue weighted by Crippen LogP contribution is -2.39. The summed E-state index contributed by atoms with van der Waals surface area (Å²) in [7, 11) is -6.41.